The van der Waals surface area contributed by atoms with Crippen LogP contribution in [0.5, 0.6) is 5.75 Å². The molecule has 130 valence electrons. The largest absolute Gasteiger partial charge is 0.485 e. The molecule has 0 radical (unpaired) electrons. The van der Waals surface area contributed by atoms with Crippen molar-refractivity contribution in [3.63, 3.8) is 0 Å². The molecular weight excluding hydrogens is 354 g/mol. The molecule has 3 rings (SSSR count). The minimum atomic E-state index is 0.389. The van der Waals surface area contributed by atoms with Gasteiger partial charge in [0.15, 0.2) is 11.0 Å². The lowest BCUT2D eigenvalue weighted by Crippen LogP contribution is -2.05. The van der Waals surface area contributed by atoms with Gasteiger partial charge in [-0.3, -0.25) is 0 Å². The summed E-state index contributed by atoms with van der Waals surface area (Å²) in [5.41, 5.74) is 3.43. The van der Waals surface area contributed by atoms with Gasteiger partial charge in [0, 0.05) is 17.8 Å². The predicted molar refractivity (Wildman–Crippen MR) is 102 cm³/mol. The molecule has 2 aromatic carbocycles. The molecule has 0 aliphatic heterocycles. The molecule has 3 aromatic rings. The molecule has 0 saturated carbocycles. The quantitative estimate of drug-likeness (QED) is 0.573. The highest BCUT2D eigenvalue weighted by Crippen LogP contribution is 2.26. The number of aromatic nitrogens is 3. The smallest absolute Gasteiger partial charge is 0.191 e. The van der Waals surface area contributed by atoms with Crippen LogP contribution in [0.3, 0.4) is 0 Å². The van der Waals surface area contributed by atoms with E-state index in [0.29, 0.717) is 6.61 Å². The SMILES string of the molecule is Cc1ccc(OCc2nnc(SCc3ccccc3Cl)n2C)c(C)c1. The number of aryl methyl sites for hydroxylation is 2. The summed E-state index contributed by atoms with van der Waals surface area (Å²) in [5, 5.41) is 10.1. The van der Waals surface area contributed by atoms with Gasteiger partial charge in [0.25, 0.3) is 0 Å². The van der Waals surface area contributed by atoms with E-state index in [9.17, 15) is 0 Å². The van der Waals surface area contributed by atoms with E-state index in [1.807, 2.05) is 54.9 Å². The molecule has 0 spiro atoms. The molecule has 6 heteroatoms. The minimum absolute atomic E-state index is 0.389. The summed E-state index contributed by atoms with van der Waals surface area (Å²) in [7, 11) is 1.95. The molecule has 0 amide bonds. The zero-order valence-corrected chi connectivity index (χ0v) is 16.1. The number of rotatable bonds is 6. The van der Waals surface area contributed by atoms with Crippen molar-refractivity contribution in [3.05, 3.63) is 70.0 Å². The van der Waals surface area contributed by atoms with Gasteiger partial charge < -0.3 is 9.30 Å². The van der Waals surface area contributed by atoms with E-state index in [1.165, 1.54) is 5.56 Å². The van der Waals surface area contributed by atoms with Crippen molar-refractivity contribution in [2.45, 2.75) is 31.4 Å². The van der Waals surface area contributed by atoms with Gasteiger partial charge in [-0.05, 0) is 37.1 Å². The van der Waals surface area contributed by atoms with Crippen molar-refractivity contribution in [1.82, 2.24) is 14.8 Å². The van der Waals surface area contributed by atoms with Crippen LogP contribution in [0.25, 0.3) is 0 Å². The molecule has 0 atom stereocenters. The van der Waals surface area contributed by atoms with Crippen molar-refractivity contribution in [3.8, 4) is 5.75 Å². The molecule has 0 saturated heterocycles. The summed E-state index contributed by atoms with van der Waals surface area (Å²) < 4.78 is 7.86. The second kappa shape index (κ2) is 7.93. The number of ether oxygens (including phenoxy) is 1. The van der Waals surface area contributed by atoms with Crippen LogP contribution < -0.4 is 4.74 Å². The predicted octanol–water partition coefficient (Wildman–Crippen LogP) is 4.96. The van der Waals surface area contributed by atoms with Crippen LogP contribution in [0, 0.1) is 13.8 Å². The van der Waals surface area contributed by atoms with E-state index in [4.69, 9.17) is 16.3 Å². The highest BCUT2D eigenvalue weighted by atomic mass is 35.5. The summed E-state index contributed by atoms with van der Waals surface area (Å²) in [6.07, 6.45) is 0. The van der Waals surface area contributed by atoms with Crippen molar-refractivity contribution in [2.24, 2.45) is 7.05 Å². The maximum atomic E-state index is 6.20. The second-order valence-electron chi connectivity index (χ2n) is 5.90. The van der Waals surface area contributed by atoms with Crippen molar-refractivity contribution in [2.75, 3.05) is 0 Å². The fourth-order valence-corrected chi connectivity index (χ4v) is 3.67. The number of hydrogen-bond donors (Lipinski definition) is 0. The maximum Gasteiger partial charge on any atom is 0.191 e. The van der Waals surface area contributed by atoms with Crippen LogP contribution >= 0.6 is 23.4 Å². The summed E-state index contributed by atoms with van der Waals surface area (Å²) in [6.45, 7) is 4.51. The second-order valence-corrected chi connectivity index (χ2v) is 7.25. The number of benzene rings is 2. The molecule has 4 nitrogen and oxygen atoms in total. The first-order valence-electron chi connectivity index (χ1n) is 7.99. The average Bonchev–Trinajstić information content (AvgIpc) is 2.94. The molecule has 0 aliphatic rings. The lowest BCUT2D eigenvalue weighted by atomic mass is 10.1. The van der Waals surface area contributed by atoms with Gasteiger partial charge in [0.2, 0.25) is 0 Å². The Kier molecular flexibility index (Phi) is 5.66. The summed E-state index contributed by atoms with van der Waals surface area (Å²) in [6, 6.07) is 14.0. The average molecular weight is 374 g/mol. The standard InChI is InChI=1S/C19H20ClN3OS/c1-13-8-9-17(14(2)10-13)24-11-18-21-22-19(23(18)3)25-12-15-6-4-5-7-16(15)20/h4-10H,11-12H2,1-3H3. The van der Waals surface area contributed by atoms with E-state index in [-0.39, 0.29) is 0 Å². The molecule has 1 aromatic heterocycles. The van der Waals surface area contributed by atoms with Gasteiger partial charge in [-0.15, -0.1) is 10.2 Å². The van der Waals surface area contributed by atoms with Crippen LogP contribution in [0.2, 0.25) is 5.02 Å². The molecule has 25 heavy (non-hydrogen) atoms. The minimum Gasteiger partial charge on any atom is -0.485 e. The third-order valence-corrected chi connectivity index (χ3v) is 5.36. The Morgan fingerprint density at radius 1 is 1.12 bits per heavy atom. The van der Waals surface area contributed by atoms with Gasteiger partial charge in [-0.1, -0.05) is 59.3 Å². The third-order valence-electron chi connectivity index (χ3n) is 3.93. The van der Waals surface area contributed by atoms with Gasteiger partial charge >= 0.3 is 0 Å². The zero-order valence-electron chi connectivity index (χ0n) is 14.5. The first-order valence-corrected chi connectivity index (χ1v) is 9.35. The van der Waals surface area contributed by atoms with E-state index in [1.54, 1.807) is 11.8 Å². The molecule has 0 fully saturated rings. The van der Waals surface area contributed by atoms with Crippen molar-refractivity contribution >= 4 is 23.4 Å². The Morgan fingerprint density at radius 3 is 2.68 bits per heavy atom. The van der Waals surface area contributed by atoms with Gasteiger partial charge in [0.05, 0.1) is 0 Å². The monoisotopic (exact) mass is 373 g/mol. The fourth-order valence-electron chi connectivity index (χ4n) is 2.46. The van der Waals surface area contributed by atoms with E-state index < -0.39 is 0 Å². The number of hydrogen-bond acceptors (Lipinski definition) is 4. The lowest BCUT2D eigenvalue weighted by molar-refractivity contribution is 0.288. The Morgan fingerprint density at radius 2 is 1.92 bits per heavy atom. The first-order chi connectivity index (χ1) is 12.0. The van der Waals surface area contributed by atoms with Crippen LogP contribution in [0.15, 0.2) is 47.6 Å². The van der Waals surface area contributed by atoms with Gasteiger partial charge in [0.1, 0.15) is 12.4 Å². The number of thioether (sulfide) groups is 1. The molecular formula is C19H20ClN3OS. The normalized spacial score (nSPS) is 10.9. The Bertz CT molecular complexity index is 879. The topological polar surface area (TPSA) is 39.9 Å². The van der Waals surface area contributed by atoms with E-state index in [0.717, 1.165) is 38.6 Å². The summed E-state index contributed by atoms with van der Waals surface area (Å²) in [4.78, 5) is 0. The number of halogens is 1. The Labute approximate surface area is 157 Å². The molecule has 1 heterocycles. The van der Waals surface area contributed by atoms with Crippen molar-refractivity contribution in [1.29, 1.82) is 0 Å². The molecule has 0 unspecified atom stereocenters. The molecule has 0 bridgehead atoms. The first kappa shape index (κ1) is 17.8. The third kappa shape index (κ3) is 4.35. The molecule has 0 N–H and O–H groups in total. The highest BCUT2D eigenvalue weighted by Gasteiger charge is 2.11. The van der Waals surface area contributed by atoms with E-state index >= 15 is 0 Å². The van der Waals surface area contributed by atoms with Crippen LogP contribution in [0.1, 0.15) is 22.5 Å². The van der Waals surface area contributed by atoms with Gasteiger partial charge in [-0.25, -0.2) is 0 Å². The fraction of sp³-hybridized carbons (Fsp3) is 0.263. The van der Waals surface area contributed by atoms with Crippen LogP contribution in [0.4, 0.5) is 0 Å². The molecule has 0 aliphatic carbocycles. The maximum absolute atomic E-state index is 6.20. The Hall–Kier alpha value is -1.98. The van der Waals surface area contributed by atoms with E-state index in [2.05, 4.69) is 23.2 Å². The van der Waals surface area contributed by atoms with Gasteiger partial charge in [-0.2, -0.15) is 0 Å². The zero-order chi connectivity index (χ0) is 17.8. The van der Waals surface area contributed by atoms with Crippen LogP contribution in [-0.4, -0.2) is 14.8 Å². The Balaban J connectivity index is 1.64. The summed E-state index contributed by atoms with van der Waals surface area (Å²) >= 11 is 7.81. The lowest BCUT2D eigenvalue weighted by Gasteiger charge is -2.09. The summed E-state index contributed by atoms with van der Waals surface area (Å²) in [5.74, 6) is 2.42. The van der Waals surface area contributed by atoms with Crippen molar-refractivity contribution < 1.29 is 4.74 Å². The highest BCUT2D eigenvalue weighted by molar-refractivity contribution is 7.98. The van der Waals surface area contributed by atoms with Crippen LogP contribution in [-0.2, 0) is 19.4 Å². The number of nitrogens with zero attached hydrogens (tertiary/aromatic N) is 3.